The first-order chi connectivity index (χ1) is 9.69. The molecule has 2 aliphatic rings. The average Bonchev–Trinajstić information content (AvgIpc) is 2.65. The Balaban J connectivity index is 1.86. The van der Waals surface area contributed by atoms with E-state index in [9.17, 15) is 4.39 Å². The number of hydrogen-bond acceptors (Lipinski definition) is 2. The average molecular weight is 276 g/mol. The molecule has 0 atom stereocenters. The predicted molar refractivity (Wildman–Crippen MR) is 81.8 cm³/mol. The van der Waals surface area contributed by atoms with Crippen LogP contribution in [-0.2, 0) is 0 Å². The lowest BCUT2D eigenvalue weighted by molar-refractivity contribution is 0.246. The van der Waals surface area contributed by atoms with Crippen LogP contribution >= 0.6 is 0 Å². The normalized spacial score (nSPS) is 22.8. The molecule has 1 aliphatic carbocycles. The van der Waals surface area contributed by atoms with Crippen LogP contribution in [0.1, 0.15) is 44.1 Å². The summed E-state index contributed by atoms with van der Waals surface area (Å²) >= 11 is 0. The zero-order valence-electron chi connectivity index (χ0n) is 12.4. The van der Waals surface area contributed by atoms with Gasteiger partial charge in [-0.3, -0.25) is 0 Å². The summed E-state index contributed by atoms with van der Waals surface area (Å²) in [6, 6.07) is 5.46. The molecule has 1 aromatic carbocycles. The zero-order chi connectivity index (χ0) is 14.0. The molecule has 1 aliphatic heterocycles. The molecule has 1 N–H and O–H groups in total. The third-order valence-electron chi connectivity index (χ3n) is 4.85. The third-order valence-corrected chi connectivity index (χ3v) is 4.85. The van der Waals surface area contributed by atoms with Crippen LogP contribution in [0, 0.1) is 12.7 Å². The van der Waals surface area contributed by atoms with E-state index in [0.717, 1.165) is 37.3 Å². The molecular formula is C17H25FN2. The van der Waals surface area contributed by atoms with E-state index in [1.54, 1.807) is 6.07 Å². The minimum atomic E-state index is -0.0801. The monoisotopic (exact) mass is 276 g/mol. The Morgan fingerprint density at radius 1 is 1.15 bits per heavy atom. The van der Waals surface area contributed by atoms with Crippen LogP contribution in [0.25, 0.3) is 0 Å². The summed E-state index contributed by atoms with van der Waals surface area (Å²) in [5.74, 6) is -0.0801. The quantitative estimate of drug-likeness (QED) is 0.842. The molecule has 3 rings (SSSR count). The van der Waals surface area contributed by atoms with Gasteiger partial charge < -0.3 is 10.2 Å². The second-order valence-electron chi connectivity index (χ2n) is 6.50. The van der Waals surface area contributed by atoms with Crippen molar-refractivity contribution in [2.45, 2.75) is 51.0 Å². The molecule has 0 bridgehead atoms. The van der Waals surface area contributed by atoms with Crippen molar-refractivity contribution in [2.24, 2.45) is 0 Å². The van der Waals surface area contributed by atoms with Gasteiger partial charge in [-0.1, -0.05) is 25.3 Å². The minimum Gasteiger partial charge on any atom is -0.367 e. The first-order valence-electron chi connectivity index (χ1n) is 7.95. The Labute approximate surface area is 121 Å². The number of nitrogens with zero attached hydrogens (tertiary/aromatic N) is 1. The smallest absolute Gasteiger partial charge is 0.146 e. The Kier molecular flexibility index (Phi) is 3.97. The van der Waals surface area contributed by atoms with Gasteiger partial charge in [0.1, 0.15) is 5.82 Å². The van der Waals surface area contributed by atoms with Gasteiger partial charge in [0.25, 0.3) is 0 Å². The van der Waals surface area contributed by atoms with Crippen LogP contribution < -0.4 is 10.2 Å². The van der Waals surface area contributed by atoms with Gasteiger partial charge >= 0.3 is 0 Å². The first kappa shape index (κ1) is 13.9. The van der Waals surface area contributed by atoms with Crippen molar-refractivity contribution >= 4 is 5.69 Å². The molecule has 0 aromatic heterocycles. The topological polar surface area (TPSA) is 15.3 Å². The molecule has 20 heavy (non-hydrogen) atoms. The Morgan fingerprint density at radius 2 is 1.95 bits per heavy atom. The van der Waals surface area contributed by atoms with E-state index >= 15 is 0 Å². The number of rotatable bonds is 1. The maximum atomic E-state index is 14.2. The standard InChI is InChI=1S/C17H25FN2/c1-14-6-7-15(18)16(12-14)20-11-5-10-19-17(13-20)8-3-2-4-9-17/h6-7,12,19H,2-5,8-11,13H2,1H3. The van der Waals surface area contributed by atoms with E-state index in [4.69, 9.17) is 0 Å². The lowest BCUT2D eigenvalue weighted by Crippen LogP contribution is -2.52. The van der Waals surface area contributed by atoms with E-state index in [2.05, 4.69) is 10.2 Å². The van der Waals surface area contributed by atoms with Crippen molar-refractivity contribution in [1.29, 1.82) is 0 Å². The SMILES string of the molecule is Cc1ccc(F)c(N2CCCNC3(CCCCC3)C2)c1. The van der Waals surface area contributed by atoms with E-state index in [0.29, 0.717) is 0 Å². The molecule has 0 unspecified atom stereocenters. The van der Waals surface area contributed by atoms with Gasteiger partial charge in [0, 0.05) is 18.6 Å². The fourth-order valence-corrected chi connectivity index (χ4v) is 3.76. The highest BCUT2D eigenvalue weighted by Gasteiger charge is 2.35. The number of benzene rings is 1. The maximum absolute atomic E-state index is 14.2. The van der Waals surface area contributed by atoms with Gasteiger partial charge in [-0.2, -0.15) is 0 Å². The summed E-state index contributed by atoms with van der Waals surface area (Å²) in [4.78, 5) is 2.27. The van der Waals surface area contributed by atoms with E-state index in [1.165, 1.54) is 32.1 Å². The van der Waals surface area contributed by atoms with E-state index < -0.39 is 0 Å². The summed E-state index contributed by atoms with van der Waals surface area (Å²) in [7, 11) is 0. The van der Waals surface area contributed by atoms with Crippen molar-refractivity contribution in [1.82, 2.24) is 5.32 Å². The molecule has 1 saturated carbocycles. The molecule has 1 heterocycles. The molecule has 2 fully saturated rings. The number of halogens is 1. The van der Waals surface area contributed by atoms with Crippen molar-refractivity contribution in [3.63, 3.8) is 0 Å². The highest BCUT2D eigenvalue weighted by molar-refractivity contribution is 5.50. The van der Waals surface area contributed by atoms with Gasteiger partial charge in [-0.15, -0.1) is 0 Å². The highest BCUT2D eigenvalue weighted by Crippen LogP contribution is 2.33. The molecule has 1 aromatic rings. The summed E-state index contributed by atoms with van der Waals surface area (Å²) in [5, 5.41) is 3.77. The Bertz CT molecular complexity index is 466. The van der Waals surface area contributed by atoms with Crippen molar-refractivity contribution in [3.05, 3.63) is 29.6 Å². The molecule has 0 amide bonds. The number of aryl methyl sites for hydroxylation is 1. The van der Waals surface area contributed by atoms with Crippen LogP contribution in [0.3, 0.4) is 0 Å². The summed E-state index contributed by atoms with van der Waals surface area (Å²) in [6.07, 6.45) is 7.51. The largest absolute Gasteiger partial charge is 0.367 e. The summed E-state index contributed by atoms with van der Waals surface area (Å²) in [5.41, 5.74) is 2.14. The molecule has 1 spiro atoms. The molecule has 110 valence electrons. The van der Waals surface area contributed by atoms with Crippen LogP contribution in [0.15, 0.2) is 18.2 Å². The zero-order valence-corrected chi connectivity index (χ0v) is 12.4. The van der Waals surface area contributed by atoms with Crippen molar-refractivity contribution < 1.29 is 4.39 Å². The third kappa shape index (κ3) is 2.83. The lowest BCUT2D eigenvalue weighted by Gasteiger charge is -2.40. The van der Waals surface area contributed by atoms with E-state index in [1.807, 2.05) is 19.1 Å². The highest BCUT2D eigenvalue weighted by atomic mass is 19.1. The molecule has 3 heteroatoms. The molecular weight excluding hydrogens is 251 g/mol. The fraction of sp³-hybridized carbons (Fsp3) is 0.647. The van der Waals surface area contributed by atoms with Crippen molar-refractivity contribution in [2.75, 3.05) is 24.5 Å². The second-order valence-corrected chi connectivity index (χ2v) is 6.50. The predicted octanol–water partition coefficient (Wildman–Crippen LogP) is 3.64. The number of nitrogens with one attached hydrogen (secondary N) is 1. The van der Waals surface area contributed by atoms with Gasteiger partial charge in [-0.05, 0) is 50.4 Å². The van der Waals surface area contributed by atoms with Crippen LogP contribution in [0.2, 0.25) is 0 Å². The van der Waals surface area contributed by atoms with Crippen LogP contribution in [0.5, 0.6) is 0 Å². The summed E-state index contributed by atoms with van der Waals surface area (Å²) in [6.45, 7) is 5.00. The number of hydrogen-bond donors (Lipinski definition) is 1. The van der Waals surface area contributed by atoms with Gasteiger partial charge in [0.2, 0.25) is 0 Å². The van der Waals surface area contributed by atoms with Gasteiger partial charge in [0.15, 0.2) is 0 Å². The van der Waals surface area contributed by atoms with E-state index in [-0.39, 0.29) is 11.4 Å². The second kappa shape index (κ2) is 5.72. The molecule has 0 radical (unpaired) electrons. The van der Waals surface area contributed by atoms with Crippen LogP contribution in [0.4, 0.5) is 10.1 Å². The first-order valence-corrected chi connectivity index (χ1v) is 7.95. The van der Waals surface area contributed by atoms with Gasteiger partial charge in [0.05, 0.1) is 5.69 Å². The maximum Gasteiger partial charge on any atom is 0.146 e. The lowest BCUT2D eigenvalue weighted by atomic mass is 9.81. The molecule has 2 nitrogen and oxygen atoms in total. The molecule has 1 saturated heterocycles. The van der Waals surface area contributed by atoms with Crippen molar-refractivity contribution in [3.8, 4) is 0 Å². The Hall–Kier alpha value is -1.09. The summed E-state index contributed by atoms with van der Waals surface area (Å²) < 4.78 is 14.2. The fourth-order valence-electron chi connectivity index (χ4n) is 3.76. The van der Waals surface area contributed by atoms with Gasteiger partial charge in [-0.25, -0.2) is 4.39 Å². The minimum absolute atomic E-state index is 0.0801. The Morgan fingerprint density at radius 3 is 2.75 bits per heavy atom. The van der Waals surface area contributed by atoms with Crippen LogP contribution in [-0.4, -0.2) is 25.2 Å². The number of anilines is 1.